The zero-order valence-electron chi connectivity index (χ0n) is 11.4. The third-order valence-electron chi connectivity index (χ3n) is 2.94. The van der Waals surface area contributed by atoms with Gasteiger partial charge in [0.15, 0.2) is 0 Å². The fourth-order valence-corrected chi connectivity index (χ4v) is 2.00. The van der Waals surface area contributed by atoms with Gasteiger partial charge in [0.05, 0.1) is 13.2 Å². The zero-order valence-corrected chi connectivity index (χ0v) is 11.4. The minimum atomic E-state index is 0.555. The van der Waals surface area contributed by atoms with Crippen LogP contribution in [0.5, 0.6) is 0 Å². The molecule has 0 bridgehead atoms. The molecule has 1 aliphatic rings. The van der Waals surface area contributed by atoms with Crippen molar-refractivity contribution in [3.05, 3.63) is 0 Å². The van der Waals surface area contributed by atoms with Crippen LogP contribution in [-0.4, -0.2) is 63.5 Å². The summed E-state index contributed by atoms with van der Waals surface area (Å²) >= 11 is 0. The first-order valence-corrected chi connectivity index (χ1v) is 6.94. The Balaban J connectivity index is 1.91. The Bertz CT molecular complexity index is 173. The van der Waals surface area contributed by atoms with Crippen LogP contribution in [0.3, 0.4) is 0 Å². The third-order valence-corrected chi connectivity index (χ3v) is 2.94. The number of rotatable bonds is 9. The summed E-state index contributed by atoms with van der Waals surface area (Å²) in [5.41, 5.74) is 0. The number of nitrogens with one attached hydrogen (secondary N) is 1. The van der Waals surface area contributed by atoms with Gasteiger partial charge in [-0.1, -0.05) is 6.92 Å². The van der Waals surface area contributed by atoms with E-state index in [0.717, 1.165) is 65.4 Å². The molecule has 1 N–H and O–H groups in total. The summed E-state index contributed by atoms with van der Waals surface area (Å²) in [5, 5.41) is 3.54. The van der Waals surface area contributed by atoms with Gasteiger partial charge < -0.3 is 14.8 Å². The molecule has 0 aromatic carbocycles. The van der Waals surface area contributed by atoms with Crippen LogP contribution in [0.1, 0.15) is 26.7 Å². The van der Waals surface area contributed by atoms with Crippen molar-refractivity contribution in [3.63, 3.8) is 0 Å². The van der Waals surface area contributed by atoms with Crippen LogP contribution in [0.4, 0.5) is 0 Å². The van der Waals surface area contributed by atoms with Crippen molar-refractivity contribution in [1.82, 2.24) is 10.2 Å². The Morgan fingerprint density at radius 3 is 2.76 bits per heavy atom. The Morgan fingerprint density at radius 1 is 1.29 bits per heavy atom. The van der Waals surface area contributed by atoms with Gasteiger partial charge >= 0.3 is 0 Å². The van der Waals surface area contributed by atoms with E-state index < -0.39 is 0 Å². The highest BCUT2D eigenvalue weighted by Gasteiger charge is 2.12. The van der Waals surface area contributed by atoms with E-state index in [2.05, 4.69) is 24.1 Å². The molecule has 0 aliphatic carbocycles. The monoisotopic (exact) mass is 244 g/mol. The highest BCUT2D eigenvalue weighted by molar-refractivity contribution is 4.69. The van der Waals surface area contributed by atoms with Crippen LogP contribution in [0.2, 0.25) is 0 Å². The zero-order chi connectivity index (χ0) is 12.3. The molecule has 0 saturated carbocycles. The SMILES string of the molecule is CCCOCCCNC(C)CN1CCOCC1. The first-order chi connectivity index (χ1) is 8.33. The number of nitrogens with zero attached hydrogens (tertiary/aromatic N) is 1. The van der Waals surface area contributed by atoms with Crippen LogP contribution in [-0.2, 0) is 9.47 Å². The minimum Gasteiger partial charge on any atom is -0.381 e. The van der Waals surface area contributed by atoms with Crippen LogP contribution >= 0.6 is 0 Å². The van der Waals surface area contributed by atoms with Crippen molar-refractivity contribution in [2.45, 2.75) is 32.7 Å². The van der Waals surface area contributed by atoms with Crippen LogP contribution < -0.4 is 5.32 Å². The van der Waals surface area contributed by atoms with Crippen molar-refractivity contribution in [2.24, 2.45) is 0 Å². The second kappa shape index (κ2) is 9.83. The molecule has 1 unspecified atom stereocenters. The van der Waals surface area contributed by atoms with Gasteiger partial charge in [0.25, 0.3) is 0 Å². The average Bonchev–Trinajstić information content (AvgIpc) is 2.35. The van der Waals surface area contributed by atoms with Crippen molar-refractivity contribution in [2.75, 3.05) is 52.6 Å². The molecule has 0 amide bonds. The van der Waals surface area contributed by atoms with Gasteiger partial charge in [-0.25, -0.2) is 0 Å². The average molecular weight is 244 g/mol. The van der Waals surface area contributed by atoms with Gasteiger partial charge in [0, 0.05) is 38.9 Å². The van der Waals surface area contributed by atoms with E-state index in [-0.39, 0.29) is 0 Å². The van der Waals surface area contributed by atoms with Crippen molar-refractivity contribution in [1.29, 1.82) is 0 Å². The maximum absolute atomic E-state index is 5.45. The smallest absolute Gasteiger partial charge is 0.0594 e. The van der Waals surface area contributed by atoms with E-state index in [4.69, 9.17) is 9.47 Å². The summed E-state index contributed by atoms with van der Waals surface area (Å²) in [6.07, 6.45) is 2.22. The number of hydrogen-bond donors (Lipinski definition) is 1. The standard InChI is InChI=1S/C13H28N2O2/c1-3-8-16-9-4-5-14-13(2)12-15-6-10-17-11-7-15/h13-14H,3-12H2,1-2H3. The lowest BCUT2D eigenvalue weighted by Gasteiger charge is -2.29. The van der Waals surface area contributed by atoms with E-state index in [1.165, 1.54) is 0 Å². The largest absolute Gasteiger partial charge is 0.381 e. The highest BCUT2D eigenvalue weighted by Crippen LogP contribution is 1.98. The molecule has 1 fully saturated rings. The van der Waals surface area contributed by atoms with Crippen LogP contribution in [0.25, 0.3) is 0 Å². The van der Waals surface area contributed by atoms with Crippen LogP contribution in [0, 0.1) is 0 Å². The Labute approximate surface area is 106 Å². The molecule has 1 rings (SSSR count). The van der Waals surface area contributed by atoms with Gasteiger partial charge in [-0.15, -0.1) is 0 Å². The molecule has 0 aromatic rings. The highest BCUT2D eigenvalue weighted by atomic mass is 16.5. The quantitative estimate of drug-likeness (QED) is 0.616. The van der Waals surface area contributed by atoms with Gasteiger partial charge in [-0.2, -0.15) is 0 Å². The molecule has 17 heavy (non-hydrogen) atoms. The van der Waals surface area contributed by atoms with E-state index >= 15 is 0 Å². The molecule has 1 heterocycles. The lowest BCUT2D eigenvalue weighted by molar-refractivity contribution is 0.0343. The summed E-state index contributed by atoms with van der Waals surface area (Å²) in [7, 11) is 0. The maximum Gasteiger partial charge on any atom is 0.0594 e. The summed E-state index contributed by atoms with van der Waals surface area (Å²) < 4.78 is 10.8. The van der Waals surface area contributed by atoms with Crippen molar-refractivity contribution in [3.8, 4) is 0 Å². The molecule has 102 valence electrons. The third kappa shape index (κ3) is 7.71. The number of morpholine rings is 1. The van der Waals surface area contributed by atoms with E-state index in [1.807, 2.05) is 0 Å². The molecule has 0 aromatic heterocycles. The van der Waals surface area contributed by atoms with E-state index in [1.54, 1.807) is 0 Å². The second-order valence-corrected chi connectivity index (χ2v) is 4.73. The lowest BCUT2D eigenvalue weighted by atomic mass is 10.2. The van der Waals surface area contributed by atoms with Crippen molar-refractivity contribution < 1.29 is 9.47 Å². The predicted molar refractivity (Wildman–Crippen MR) is 70.5 cm³/mol. The second-order valence-electron chi connectivity index (χ2n) is 4.73. The summed E-state index contributed by atoms with van der Waals surface area (Å²) in [6.45, 7) is 12.3. The molecule has 4 heteroatoms. The fourth-order valence-electron chi connectivity index (χ4n) is 2.00. The minimum absolute atomic E-state index is 0.555. The lowest BCUT2D eigenvalue weighted by Crippen LogP contribution is -2.44. The van der Waals surface area contributed by atoms with Gasteiger partial charge in [-0.3, -0.25) is 4.90 Å². The van der Waals surface area contributed by atoms with Crippen LogP contribution in [0.15, 0.2) is 0 Å². The molecular weight excluding hydrogens is 216 g/mol. The molecular formula is C13H28N2O2. The molecule has 0 radical (unpaired) electrons. The molecule has 1 aliphatic heterocycles. The maximum atomic E-state index is 5.45. The predicted octanol–water partition coefficient (Wildman–Crippen LogP) is 1.11. The molecule has 4 nitrogen and oxygen atoms in total. The van der Waals surface area contributed by atoms with E-state index in [0.29, 0.717) is 6.04 Å². The van der Waals surface area contributed by atoms with Gasteiger partial charge in [0.2, 0.25) is 0 Å². The van der Waals surface area contributed by atoms with Crippen molar-refractivity contribution >= 4 is 0 Å². The number of ether oxygens (including phenoxy) is 2. The summed E-state index contributed by atoms with van der Waals surface area (Å²) in [4.78, 5) is 2.47. The van der Waals surface area contributed by atoms with E-state index in [9.17, 15) is 0 Å². The first-order valence-electron chi connectivity index (χ1n) is 6.94. The van der Waals surface area contributed by atoms with Gasteiger partial charge in [0.1, 0.15) is 0 Å². The summed E-state index contributed by atoms with van der Waals surface area (Å²) in [6, 6.07) is 0.555. The topological polar surface area (TPSA) is 33.7 Å². The molecule has 1 atom stereocenters. The molecule has 1 saturated heterocycles. The fraction of sp³-hybridized carbons (Fsp3) is 1.00. The Morgan fingerprint density at radius 2 is 2.06 bits per heavy atom. The summed E-state index contributed by atoms with van der Waals surface area (Å²) in [5.74, 6) is 0. The number of hydrogen-bond acceptors (Lipinski definition) is 4. The first kappa shape index (κ1) is 14.9. The Kier molecular flexibility index (Phi) is 8.61. The van der Waals surface area contributed by atoms with Gasteiger partial charge in [-0.05, 0) is 26.3 Å². The normalized spacial score (nSPS) is 19.4. The molecule has 0 spiro atoms. The Hall–Kier alpha value is -0.160.